The lowest BCUT2D eigenvalue weighted by Crippen LogP contribution is -2.79. The highest BCUT2D eigenvalue weighted by Crippen LogP contribution is 2.57. The maximum absolute atomic E-state index is 13.3. The number of hydrogen-bond acceptors (Lipinski definition) is 16. The van der Waals surface area contributed by atoms with Crippen molar-refractivity contribution >= 4 is 35.3 Å². The largest absolute Gasteiger partial charge is 0.508 e. The molecule has 1 saturated heterocycles. The molecule has 2 fully saturated rings. The molecule has 73 heavy (non-hydrogen) atoms. The summed E-state index contributed by atoms with van der Waals surface area (Å²) in [4.78, 5) is 25.9. The van der Waals surface area contributed by atoms with Gasteiger partial charge in [0.2, 0.25) is 12.0 Å². The van der Waals surface area contributed by atoms with Crippen LogP contribution in [0.5, 0.6) is 34.5 Å². The molecular formula is C54H55N4O15+. The molecule has 2 bridgehead atoms. The molecule has 19 nitrogen and oxygen atoms in total. The number of hydrogen-bond donors (Lipinski definition) is 10. The molecule has 380 valence electrons. The Labute approximate surface area is 418 Å². The summed E-state index contributed by atoms with van der Waals surface area (Å²) in [6, 6.07) is 21.8. The Hall–Kier alpha value is -7.39. The third kappa shape index (κ3) is 8.80. The highest BCUT2D eigenvalue weighted by atomic mass is 16.7. The average molecular weight is 1000 g/mol. The van der Waals surface area contributed by atoms with Crippen LogP contribution in [0.1, 0.15) is 66.5 Å². The Morgan fingerprint density at radius 3 is 2.38 bits per heavy atom. The summed E-state index contributed by atoms with van der Waals surface area (Å²) in [6.45, 7) is 1.36. The quantitative estimate of drug-likeness (QED) is 0.0722. The molecule has 2 aliphatic carbocycles. The molecule has 19 heteroatoms. The lowest BCUT2D eigenvalue weighted by molar-refractivity contribution is -0.338. The van der Waals surface area contributed by atoms with Crippen molar-refractivity contribution in [2.75, 3.05) is 13.2 Å². The summed E-state index contributed by atoms with van der Waals surface area (Å²) in [5, 5.41) is 110. The number of aliphatic hydroxyl groups excluding tert-OH is 4. The smallest absolute Gasteiger partial charge is 0.336 e. The fraction of sp³-hybridized carbons (Fsp3) is 0.352. The average Bonchev–Trinajstić information content (AvgIpc) is 4.19. The molecule has 4 aromatic rings. The van der Waals surface area contributed by atoms with Crippen LogP contribution in [-0.4, -0.2) is 131 Å². The third-order valence-electron chi connectivity index (χ3n) is 14.4. The highest BCUT2D eigenvalue weighted by molar-refractivity contribution is 6.15. The van der Waals surface area contributed by atoms with Crippen molar-refractivity contribution in [3.63, 3.8) is 0 Å². The van der Waals surface area contributed by atoms with E-state index in [1.165, 1.54) is 36.7 Å². The number of carboxylic acid groups (broad SMARTS) is 1. The second-order valence-corrected chi connectivity index (χ2v) is 19.1. The van der Waals surface area contributed by atoms with Crippen LogP contribution in [0.2, 0.25) is 0 Å². The number of ether oxygens (including phenoxy) is 5. The molecule has 0 spiro atoms. The number of aromatic hydroxyl groups is 2. The molecule has 0 amide bonds. The van der Waals surface area contributed by atoms with Gasteiger partial charge in [0, 0.05) is 18.2 Å². The minimum atomic E-state index is -2.73. The van der Waals surface area contributed by atoms with Gasteiger partial charge >= 0.3 is 11.8 Å². The number of rotatable bonds is 16. The number of nitrogens with zero attached hydrogens (tertiary/aromatic N) is 3. The second kappa shape index (κ2) is 19.2. The minimum absolute atomic E-state index is 0.00976. The van der Waals surface area contributed by atoms with Crippen molar-refractivity contribution in [2.45, 2.75) is 99.1 Å². The van der Waals surface area contributed by atoms with Gasteiger partial charge in [-0.25, -0.2) is 9.79 Å². The zero-order chi connectivity index (χ0) is 51.4. The van der Waals surface area contributed by atoms with Gasteiger partial charge in [-0.1, -0.05) is 61.0 Å². The Morgan fingerprint density at radius 2 is 1.73 bits per heavy atom. The minimum Gasteiger partial charge on any atom is -0.508 e. The van der Waals surface area contributed by atoms with E-state index in [9.17, 15) is 50.8 Å². The number of phenolic OH excluding ortho intramolecular Hbond substituents is 2. The van der Waals surface area contributed by atoms with E-state index >= 15 is 0 Å². The zero-order valence-corrected chi connectivity index (χ0v) is 39.5. The predicted octanol–water partition coefficient (Wildman–Crippen LogP) is 3.10. The van der Waals surface area contributed by atoms with E-state index in [2.05, 4.69) is 15.0 Å². The van der Waals surface area contributed by atoms with E-state index < -0.39 is 83.6 Å². The number of aliphatic carboxylic acids is 1. The van der Waals surface area contributed by atoms with Crippen LogP contribution < -0.4 is 24.4 Å². The van der Waals surface area contributed by atoms with Gasteiger partial charge in [-0.3, -0.25) is 10.4 Å². The maximum atomic E-state index is 13.3. The lowest BCUT2D eigenvalue weighted by Gasteiger charge is -2.57. The van der Waals surface area contributed by atoms with Crippen LogP contribution in [0.25, 0.3) is 5.76 Å². The topological polar surface area (TPSA) is 308 Å². The first-order valence-electron chi connectivity index (χ1n) is 24.0. The summed E-state index contributed by atoms with van der Waals surface area (Å²) in [5.74, 6) is -4.54. The van der Waals surface area contributed by atoms with Crippen LogP contribution in [-0.2, 0) is 28.0 Å². The molecule has 1 saturated carbocycles. The number of aliphatic imine (C=N–C) groups is 3. The van der Waals surface area contributed by atoms with Gasteiger partial charge in [0.05, 0.1) is 24.8 Å². The highest BCUT2D eigenvalue weighted by Gasteiger charge is 2.71. The van der Waals surface area contributed by atoms with E-state index in [0.29, 0.717) is 48.8 Å². The molecule has 4 aromatic carbocycles. The summed E-state index contributed by atoms with van der Waals surface area (Å²) < 4.78 is 31.9. The van der Waals surface area contributed by atoms with E-state index in [-0.39, 0.29) is 64.5 Å². The number of nitrogens with two attached hydrogens (primary N) is 1. The van der Waals surface area contributed by atoms with Gasteiger partial charge in [0.1, 0.15) is 58.3 Å². The summed E-state index contributed by atoms with van der Waals surface area (Å²) >= 11 is 0. The van der Waals surface area contributed by atoms with Gasteiger partial charge in [0.25, 0.3) is 0 Å². The van der Waals surface area contributed by atoms with Gasteiger partial charge in [0.15, 0.2) is 41.1 Å². The number of aryl methyl sites for hydroxylation is 1. The monoisotopic (exact) mass is 999 g/mol. The van der Waals surface area contributed by atoms with Crippen molar-refractivity contribution in [2.24, 2.45) is 20.9 Å². The van der Waals surface area contributed by atoms with Crippen molar-refractivity contribution < 1.29 is 79.8 Å². The molecule has 0 radical (unpaired) electrons. The molecule has 11 N–H and O–H groups in total. The van der Waals surface area contributed by atoms with Crippen molar-refractivity contribution in [1.29, 1.82) is 0 Å². The van der Waals surface area contributed by atoms with Crippen LogP contribution in [0.3, 0.4) is 0 Å². The number of fused-ring (bicyclic) bond motifs is 3. The second-order valence-electron chi connectivity index (χ2n) is 19.1. The van der Waals surface area contributed by atoms with Crippen molar-refractivity contribution in [3.8, 4) is 34.5 Å². The van der Waals surface area contributed by atoms with Crippen LogP contribution in [0.15, 0.2) is 124 Å². The fourth-order valence-corrected chi connectivity index (χ4v) is 10.8. The Kier molecular flexibility index (Phi) is 13.0. The number of amidine groups is 1. The first-order chi connectivity index (χ1) is 35.0. The summed E-state index contributed by atoms with van der Waals surface area (Å²) in [7, 11) is 0. The van der Waals surface area contributed by atoms with Crippen molar-refractivity contribution in [1.82, 2.24) is 0 Å². The molecule has 9 atom stereocenters. The Morgan fingerprint density at radius 1 is 0.973 bits per heavy atom. The lowest BCUT2D eigenvalue weighted by atomic mass is 9.60. The number of benzene rings is 4. The molecule has 6 aliphatic rings. The fourth-order valence-electron chi connectivity index (χ4n) is 10.8. The Balaban J connectivity index is 1.06. The van der Waals surface area contributed by atoms with E-state index in [1.807, 2.05) is 31.2 Å². The molecular weight excluding hydrogens is 945 g/mol. The van der Waals surface area contributed by atoms with Gasteiger partial charge in [-0.2, -0.15) is 0 Å². The first kappa shape index (κ1) is 49.2. The van der Waals surface area contributed by atoms with E-state index in [1.54, 1.807) is 48.5 Å². The normalized spacial score (nSPS) is 27.5. The molecule has 4 heterocycles. The van der Waals surface area contributed by atoms with Gasteiger partial charge < -0.3 is 69.6 Å². The van der Waals surface area contributed by atoms with E-state index in [0.717, 1.165) is 11.1 Å². The first-order valence-corrected chi connectivity index (χ1v) is 24.0. The summed E-state index contributed by atoms with van der Waals surface area (Å²) in [5.41, 5.74) is -3.48. The maximum Gasteiger partial charge on any atom is 0.336 e. The number of aliphatic hydroxyl groups is 6. The van der Waals surface area contributed by atoms with Gasteiger partial charge in [-0.05, 0) is 102 Å². The SMILES string of the molecule is CCc1cc(O)cc(C2(Oc3c(OC4OC(C(=O)O)C5(O)C(C6=NC=NC6)C(Cc6ccccc6)=CC4(O)C5O)cc4c(c3O)C(O)=CC(c3ccc(OC(CO)C(O)C5=NC(=[NH2+])C=C5)cc3)O4)CCCC2)c1. The molecule has 4 aliphatic heterocycles. The van der Waals surface area contributed by atoms with Gasteiger partial charge in [-0.15, -0.1) is 0 Å². The zero-order valence-electron chi connectivity index (χ0n) is 39.5. The predicted molar refractivity (Wildman–Crippen MR) is 263 cm³/mol. The van der Waals surface area contributed by atoms with Crippen LogP contribution in [0, 0.1) is 5.92 Å². The number of carbonyl (C=O) groups is 1. The molecule has 9 unspecified atom stereocenters. The third-order valence-corrected chi connectivity index (χ3v) is 14.4. The summed E-state index contributed by atoms with van der Waals surface area (Å²) in [6.07, 6.45) is -0.329. The van der Waals surface area contributed by atoms with Crippen LogP contribution in [0.4, 0.5) is 0 Å². The van der Waals surface area contributed by atoms with Crippen molar-refractivity contribution in [3.05, 3.63) is 137 Å². The molecule has 10 rings (SSSR count). The Bertz CT molecular complexity index is 3020. The standard InChI is InChI=1S/C54H54N4O15/c1-2-28-19-32(21-33(60)20-28)52(16-6-7-17-52)73-47-40(23-39-43(46(47)63)37(61)22-38(70-39)30-10-12-34(13-11-30)69-41(26-59)45(62)35-14-15-42(55)58-35)71-51-53(67)24-31(18-29-8-4-3-5-9-29)44(36-25-56-27-57-36)54(68,50(53)66)48(72-51)49(64)65/h3-5,8-15,19-24,27,38,41,44-45,48,50-51,55,59-63,66-68H,2,6-7,16-18,25-26H2,1H3,(H,64,65)/p+1. The van der Waals surface area contributed by atoms with Crippen LogP contribution >= 0.6 is 0 Å². The van der Waals surface area contributed by atoms with E-state index in [4.69, 9.17) is 29.1 Å². The number of carboxylic acids is 1. The number of phenols is 2. The molecule has 0 aromatic heterocycles.